The molecule has 10 heavy (non-hydrogen) atoms. The Balaban J connectivity index is 2.77. The number of nitrogens with two attached hydrogens (primary N) is 1. The quantitative estimate of drug-likeness (QED) is 0.452. The summed E-state index contributed by atoms with van der Waals surface area (Å²) in [6.07, 6.45) is 0.951. The van der Waals surface area contributed by atoms with E-state index in [-0.39, 0.29) is 0 Å². The summed E-state index contributed by atoms with van der Waals surface area (Å²) in [6.45, 7) is 5.68. The summed E-state index contributed by atoms with van der Waals surface area (Å²) < 4.78 is 5.22. The van der Waals surface area contributed by atoms with E-state index in [9.17, 15) is 0 Å². The Morgan fingerprint density at radius 3 is 2.80 bits per heavy atom. The smallest absolute Gasteiger partial charge is 0.0863 e. The second-order valence-electron chi connectivity index (χ2n) is 2.39. The number of rotatable bonds is 6. The van der Waals surface area contributed by atoms with E-state index in [2.05, 4.69) is 18.9 Å². The normalized spacial score (nSPS) is 12.0. The zero-order chi connectivity index (χ0) is 7.82. The van der Waals surface area contributed by atoms with E-state index in [0.29, 0.717) is 21.5 Å². The molecule has 0 aliphatic carbocycles. The molecule has 0 aromatic heterocycles. The maximum atomic E-state index is 5.27. The predicted octanol–water partition coefficient (Wildman–Crippen LogP) is 0.858. The van der Waals surface area contributed by atoms with Gasteiger partial charge in [-0.25, -0.2) is 0 Å². The van der Waals surface area contributed by atoms with Crippen molar-refractivity contribution in [3.8, 4) is 0 Å². The fourth-order valence-electron chi connectivity index (χ4n) is 0.366. The van der Waals surface area contributed by atoms with E-state index in [4.69, 9.17) is 10.3 Å². The lowest BCUT2D eigenvalue weighted by atomic mass is 10.4. The monoisotopic (exact) mass is 164 g/mol. The second kappa shape index (κ2) is 7.42. The van der Waals surface area contributed by atoms with Crippen molar-refractivity contribution in [1.82, 2.24) is 5.09 Å². The number of nitrogens with one attached hydrogen (secondary N) is 1. The minimum Gasteiger partial charge on any atom is -0.346 e. The topological polar surface area (TPSA) is 47.3 Å². The molecule has 1 unspecified atom stereocenters. The third kappa shape index (κ3) is 8.31. The van der Waals surface area contributed by atoms with Crippen LogP contribution in [0.3, 0.4) is 0 Å². The molecule has 0 bridgehead atoms. The lowest BCUT2D eigenvalue weighted by Crippen LogP contribution is -2.13. The Morgan fingerprint density at radius 1 is 1.60 bits per heavy atom. The predicted molar refractivity (Wildman–Crippen MR) is 46.2 cm³/mol. The van der Waals surface area contributed by atoms with Gasteiger partial charge in [0, 0.05) is 6.04 Å². The van der Waals surface area contributed by atoms with Crippen molar-refractivity contribution in [2.75, 3.05) is 13.2 Å². The summed E-state index contributed by atoms with van der Waals surface area (Å²) in [5.74, 6) is 0. The molecule has 0 amide bonds. The Labute approximate surface area is 64.6 Å². The van der Waals surface area contributed by atoms with Crippen molar-refractivity contribution in [3.63, 3.8) is 0 Å². The SMILES string of the molecule is CC(C)NPOCCCN. The molecule has 0 aliphatic heterocycles. The fourth-order valence-corrected chi connectivity index (χ4v) is 0.931. The molecule has 62 valence electrons. The van der Waals surface area contributed by atoms with Crippen molar-refractivity contribution >= 4 is 8.96 Å². The highest BCUT2D eigenvalue weighted by atomic mass is 31.1. The van der Waals surface area contributed by atoms with Crippen LogP contribution >= 0.6 is 8.96 Å². The van der Waals surface area contributed by atoms with Crippen molar-refractivity contribution in [1.29, 1.82) is 0 Å². The van der Waals surface area contributed by atoms with Crippen LogP contribution in [0, 0.1) is 0 Å². The molecular weight excluding hydrogens is 147 g/mol. The van der Waals surface area contributed by atoms with Crippen LogP contribution in [0.5, 0.6) is 0 Å². The molecular formula is C6H17N2OP. The zero-order valence-corrected chi connectivity index (χ0v) is 7.68. The van der Waals surface area contributed by atoms with Crippen LogP contribution in [0.4, 0.5) is 0 Å². The molecule has 0 saturated carbocycles. The van der Waals surface area contributed by atoms with Gasteiger partial charge in [0.05, 0.1) is 15.6 Å². The third-order valence-electron chi connectivity index (χ3n) is 0.870. The van der Waals surface area contributed by atoms with Crippen LogP contribution in [0.15, 0.2) is 0 Å². The van der Waals surface area contributed by atoms with Crippen molar-refractivity contribution in [3.05, 3.63) is 0 Å². The Bertz CT molecular complexity index is 70.8. The summed E-state index contributed by atoms with van der Waals surface area (Å²) in [5.41, 5.74) is 5.27. The maximum Gasteiger partial charge on any atom is 0.0863 e. The summed E-state index contributed by atoms with van der Waals surface area (Å²) in [5, 5.41) is 3.17. The molecule has 0 saturated heterocycles. The Kier molecular flexibility index (Phi) is 7.65. The van der Waals surface area contributed by atoms with Gasteiger partial charge < -0.3 is 10.3 Å². The average Bonchev–Trinajstić information content (AvgIpc) is 1.87. The van der Waals surface area contributed by atoms with E-state index in [1.54, 1.807) is 0 Å². The van der Waals surface area contributed by atoms with Gasteiger partial charge in [-0.1, -0.05) is 0 Å². The van der Waals surface area contributed by atoms with Crippen molar-refractivity contribution < 1.29 is 4.52 Å². The van der Waals surface area contributed by atoms with Gasteiger partial charge in [-0.3, -0.25) is 5.09 Å². The molecule has 0 aromatic carbocycles. The van der Waals surface area contributed by atoms with Gasteiger partial charge in [-0.15, -0.1) is 0 Å². The third-order valence-corrected chi connectivity index (χ3v) is 1.91. The van der Waals surface area contributed by atoms with Gasteiger partial charge in [-0.05, 0) is 26.8 Å². The van der Waals surface area contributed by atoms with Crippen molar-refractivity contribution in [2.24, 2.45) is 5.73 Å². The van der Waals surface area contributed by atoms with Gasteiger partial charge in [0.2, 0.25) is 0 Å². The molecule has 3 N–H and O–H groups in total. The molecule has 0 radical (unpaired) electrons. The molecule has 0 spiro atoms. The summed E-state index contributed by atoms with van der Waals surface area (Å²) in [4.78, 5) is 0. The lowest BCUT2D eigenvalue weighted by molar-refractivity contribution is 0.350. The summed E-state index contributed by atoms with van der Waals surface area (Å²) in [7, 11) is 0.417. The summed E-state index contributed by atoms with van der Waals surface area (Å²) in [6, 6.07) is 0.510. The van der Waals surface area contributed by atoms with Crippen LogP contribution < -0.4 is 10.8 Å². The average molecular weight is 164 g/mol. The van der Waals surface area contributed by atoms with Crippen LogP contribution in [0.25, 0.3) is 0 Å². The van der Waals surface area contributed by atoms with Gasteiger partial charge in [0.25, 0.3) is 0 Å². The van der Waals surface area contributed by atoms with Crippen LogP contribution in [0.1, 0.15) is 20.3 Å². The van der Waals surface area contributed by atoms with E-state index >= 15 is 0 Å². The Morgan fingerprint density at radius 2 is 2.30 bits per heavy atom. The first-order chi connectivity index (χ1) is 4.77. The molecule has 4 heteroatoms. The van der Waals surface area contributed by atoms with Crippen molar-refractivity contribution in [2.45, 2.75) is 26.3 Å². The van der Waals surface area contributed by atoms with Crippen LogP contribution in [0.2, 0.25) is 0 Å². The minimum atomic E-state index is 0.417. The first-order valence-electron chi connectivity index (χ1n) is 3.59. The molecule has 1 atom stereocenters. The van der Waals surface area contributed by atoms with E-state index in [0.717, 1.165) is 13.0 Å². The molecule has 0 heterocycles. The van der Waals surface area contributed by atoms with Gasteiger partial charge in [0.1, 0.15) is 0 Å². The van der Waals surface area contributed by atoms with E-state index in [1.807, 2.05) is 0 Å². The van der Waals surface area contributed by atoms with E-state index in [1.165, 1.54) is 0 Å². The standard InChI is InChI=1S/C6H17N2OP/c1-6(2)8-10-9-5-3-4-7/h6,8,10H,3-5,7H2,1-2H3. The fraction of sp³-hybridized carbons (Fsp3) is 1.00. The van der Waals surface area contributed by atoms with Gasteiger partial charge >= 0.3 is 0 Å². The lowest BCUT2D eigenvalue weighted by Gasteiger charge is -2.06. The molecule has 0 rings (SSSR count). The van der Waals surface area contributed by atoms with Crippen LogP contribution in [-0.4, -0.2) is 19.2 Å². The molecule has 0 aromatic rings. The van der Waals surface area contributed by atoms with Gasteiger partial charge in [-0.2, -0.15) is 0 Å². The Hall–Kier alpha value is 0.310. The highest BCUT2D eigenvalue weighted by molar-refractivity contribution is 7.29. The van der Waals surface area contributed by atoms with Crippen LogP contribution in [-0.2, 0) is 4.52 Å². The number of hydrogen-bond acceptors (Lipinski definition) is 3. The first-order valence-corrected chi connectivity index (χ1v) is 4.50. The van der Waals surface area contributed by atoms with E-state index < -0.39 is 0 Å². The highest BCUT2D eigenvalue weighted by Gasteiger charge is 1.90. The summed E-state index contributed by atoms with van der Waals surface area (Å²) >= 11 is 0. The first kappa shape index (κ1) is 10.3. The van der Waals surface area contributed by atoms with Gasteiger partial charge in [0.15, 0.2) is 0 Å². The molecule has 0 fully saturated rings. The largest absolute Gasteiger partial charge is 0.346 e. The molecule has 3 nitrogen and oxygen atoms in total. The second-order valence-corrected chi connectivity index (χ2v) is 3.17. The highest BCUT2D eigenvalue weighted by Crippen LogP contribution is 2.06. The minimum absolute atomic E-state index is 0.417. The zero-order valence-electron chi connectivity index (χ0n) is 6.68. The maximum absolute atomic E-state index is 5.27. The molecule has 0 aliphatic rings. The number of hydrogen-bond donors (Lipinski definition) is 2.